The molecule has 0 aliphatic carbocycles. The SMILES string of the molecule is C/C=C\C(O)CCc1ccccc1. The Hall–Kier alpha value is -1.08. The molecule has 0 aliphatic heterocycles. The normalized spacial score (nSPS) is 13.4. The van der Waals surface area contributed by atoms with Crippen molar-refractivity contribution in [3.05, 3.63) is 48.0 Å². The van der Waals surface area contributed by atoms with Crippen molar-refractivity contribution in [1.29, 1.82) is 0 Å². The van der Waals surface area contributed by atoms with Crippen LogP contribution in [0.1, 0.15) is 18.9 Å². The van der Waals surface area contributed by atoms with Crippen molar-refractivity contribution >= 4 is 0 Å². The molecule has 0 saturated carbocycles. The molecular weight excluding hydrogens is 160 g/mol. The lowest BCUT2D eigenvalue weighted by molar-refractivity contribution is 0.213. The number of hydrogen-bond acceptors (Lipinski definition) is 1. The second-order valence-electron chi connectivity index (χ2n) is 3.12. The maximum Gasteiger partial charge on any atom is 0.0724 e. The zero-order chi connectivity index (χ0) is 9.52. The topological polar surface area (TPSA) is 20.2 Å². The number of benzene rings is 1. The molecule has 1 unspecified atom stereocenters. The smallest absolute Gasteiger partial charge is 0.0724 e. The summed E-state index contributed by atoms with van der Waals surface area (Å²) in [6, 6.07) is 10.2. The Labute approximate surface area is 79.7 Å². The van der Waals surface area contributed by atoms with Gasteiger partial charge in [0.1, 0.15) is 0 Å². The first-order chi connectivity index (χ1) is 6.33. The molecule has 0 aliphatic rings. The Morgan fingerprint density at radius 3 is 2.62 bits per heavy atom. The molecule has 0 heterocycles. The fourth-order valence-corrected chi connectivity index (χ4v) is 1.28. The summed E-state index contributed by atoms with van der Waals surface area (Å²) >= 11 is 0. The molecule has 0 aromatic heterocycles. The van der Waals surface area contributed by atoms with Crippen LogP contribution in [0.5, 0.6) is 0 Å². The van der Waals surface area contributed by atoms with Crippen LogP contribution < -0.4 is 0 Å². The van der Waals surface area contributed by atoms with E-state index in [1.54, 1.807) is 0 Å². The van der Waals surface area contributed by atoms with Gasteiger partial charge in [-0.1, -0.05) is 42.5 Å². The Balaban J connectivity index is 2.35. The summed E-state index contributed by atoms with van der Waals surface area (Å²) < 4.78 is 0. The largest absolute Gasteiger partial charge is 0.389 e. The summed E-state index contributed by atoms with van der Waals surface area (Å²) in [5.41, 5.74) is 1.28. The van der Waals surface area contributed by atoms with E-state index < -0.39 is 0 Å². The van der Waals surface area contributed by atoms with Crippen molar-refractivity contribution in [2.75, 3.05) is 0 Å². The molecule has 1 rings (SSSR count). The van der Waals surface area contributed by atoms with E-state index in [1.807, 2.05) is 37.3 Å². The van der Waals surface area contributed by atoms with E-state index in [2.05, 4.69) is 12.1 Å². The second-order valence-corrected chi connectivity index (χ2v) is 3.12. The minimum absolute atomic E-state index is 0.301. The van der Waals surface area contributed by atoms with E-state index in [9.17, 15) is 5.11 Å². The maximum atomic E-state index is 9.42. The number of allylic oxidation sites excluding steroid dienone is 1. The molecule has 0 bridgehead atoms. The highest BCUT2D eigenvalue weighted by Gasteiger charge is 1.98. The van der Waals surface area contributed by atoms with Gasteiger partial charge < -0.3 is 5.11 Å². The zero-order valence-electron chi connectivity index (χ0n) is 7.98. The number of rotatable bonds is 4. The highest BCUT2D eigenvalue weighted by molar-refractivity contribution is 5.14. The van der Waals surface area contributed by atoms with E-state index in [-0.39, 0.29) is 6.10 Å². The average molecular weight is 176 g/mol. The summed E-state index contributed by atoms with van der Waals surface area (Å²) in [5.74, 6) is 0. The van der Waals surface area contributed by atoms with Crippen LogP contribution in [-0.2, 0) is 6.42 Å². The molecule has 1 N–H and O–H groups in total. The van der Waals surface area contributed by atoms with E-state index in [0.29, 0.717) is 0 Å². The van der Waals surface area contributed by atoms with Gasteiger partial charge in [-0.25, -0.2) is 0 Å². The average Bonchev–Trinajstić information content (AvgIpc) is 2.17. The quantitative estimate of drug-likeness (QED) is 0.699. The summed E-state index contributed by atoms with van der Waals surface area (Å²) in [5, 5.41) is 9.42. The van der Waals surface area contributed by atoms with Crippen molar-refractivity contribution in [1.82, 2.24) is 0 Å². The van der Waals surface area contributed by atoms with Gasteiger partial charge in [0.2, 0.25) is 0 Å². The van der Waals surface area contributed by atoms with Gasteiger partial charge >= 0.3 is 0 Å². The highest BCUT2D eigenvalue weighted by atomic mass is 16.3. The number of aryl methyl sites for hydroxylation is 1. The molecule has 1 atom stereocenters. The van der Waals surface area contributed by atoms with Crippen molar-refractivity contribution in [2.45, 2.75) is 25.9 Å². The molecule has 0 radical (unpaired) electrons. The first-order valence-corrected chi connectivity index (χ1v) is 4.67. The molecule has 13 heavy (non-hydrogen) atoms. The fraction of sp³-hybridized carbons (Fsp3) is 0.333. The van der Waals surface area contributed by atoms with Gasteiger partial charge in [-0.15, -0.1) is 0 Å². The lowest BCUT2D eigenvalue weighted by Gasteiger charge is -2.04. The molecule has 1 aromatic carbocycles. The molecule has 1 aromatic rings. The Morgan fingerprint density at radius 1 is 1.31 bits per heavy atom. The van der Waals surface area contributed by atoms with Crippen molar-refractivity contribution in [3.8, 4) is 0 Å². The summed E-state index contributed by atoms with van der Waals surface area (Å²) in [7, 11) is 0. The van der Waals surface area contributed by atoms with Gasteiger partial charge in [0.05, 0.1) is 6.10 Å². The van der Waals surface area contributed by atoms with Crippen LogP contribution in [0, 0.1) is 0 Å². The Kier molecular flexibility index (Phi) is 4.27. The van der Waals surface area contributed by atoms with Crippen LogP contribution in [0.2, 0.25) is 0 Å². The van der Waals surface area contributed by atoms with E-state index in [4.69, 9.17) is 0 Å². The highest BCUT2D eigenvalue weighted by Crippen LogP contribution is 2.05. The van der Waals surface area contributed by atoms with Crippen LogP contribution in [-0.4, -0.2) is 11.2 Å². The van der Waals surface area contributed by atoms with E-state index >= 15 is 0 Å². The Morgan fingerprint density at radius 2 is 2.00 bits per heavy atom. The molecule has 0 saturated heterocycles. The minimum Gasteiger partial charge on any atom is -0.389 e. The second kappa shape index (κ2) is 5.55. The van der Waals surface area contributed by atoms with Crippen LogP contribution in [0.4, 0.5) is 0 Å². The van der Waals surface area contributed by atoms with Gasteiger partial charge in [0.25, 0.3) is 0 Å². The summed E-state index contributed by atoms with van der Waals surface area (Å²) in [6.07, 6.45) is 5.14. The molecule has 70 valence electrons. The van der Waals surface area contributed by atoms with Crippen LogP contribution >= 0.6 is 0 Å². The number of hydrogen-bond donors (Lipinski definition) is 1. The van der Waals surface area contributed by atoms with Crippen LogP contribution in [0.3, 0.4) is 0 Å². The summed E-state index contributed by atoms with van der Waals surface area (Å²) in [4.78, 5) is 0. The minimum atomic E-state index is -0.301. The van der Waals surface area contributed by atoms with E-state index in [0.717, 1.165) is 12.8 Å². The molecular formula is C12H16O. The lowest BCUT2D eigenvalue weighted by atomic mass is 10.1. The fourth-order valence-electron chi connectivity index (χ4n) is 1.28. The molecule has 0 amide bonds. The summed E-state index contributed by atoms with van der Waals surface area (Å²) in [6.45, 7) is 1.92. The van der Waals surface area contributed by atoms with Crippen LogP contribution in [0.15, 0.2) is 42.5 Å². The third kappa shape index (κ3) is 3.90. The third-order valence-electron chi connectivity index (χ3n) is 1.99. The molecule has 1 nitrogen and oxygen atoms in total. The van der Waals surface area contributed by atoms with Gasteiger partial charge in [-0.3, -0.25) is 0 Å². The van der Waals surface area contributed by atoms with Gasteiger partial charge in [0.15, 0.2) is 0 Å². The standard InChI is InChI=1S/C12H16O/c1-2-6-12(13)10-9-11-7-4-3-5-8-11/h2-8,12-13H,9-10H2,1H3/b6-2-. The van der Waals surface area contributed by atoms with Crippen molar-refractivity contribution < 1.29 is 5.11 Å². The first-order valence-electron chi connectivity index (χ1n) is 4.67. The van der Waals surface area contributed by atoms with Gasteiger partial charge in [-0.05, 0) is 25.3 Å². The molecule has 0 spiro atoms. The zero-order valence-corrected chi connectivity index (χ0v) is 7.98. The number of aliphatic hydroxyl groups excluding tert-OH is 1. The van der Waals surface area contributed by atoms with Gasteiger partial charge in [-0.2, -0.15) is 0 Å². The third-order valence-corrected chi connectivity index (χ3v) is 1.99. The Bertz CT molecular complexity index is 251. The number of aliphatic hydroxyl groups is 1. The first kappa shape index (κ1) is 10.0. The van der Waals surface area contributed by atoms with Crippen LogP contribution in [0.25, 0.3) is 0 Å². The molecule has 1 heteroatoms. The maximum absolute atomic E-state index is 9.42. The van der Waals surface area contributed by atoms with Crippen molar-refractivity contribution in [3.63, 3.8) is 0 Å². The molecule has 0 fully saturated rings. The predicted octanol–water partition coefficient (Wildman–Crippen LogP) is 2.56. The predicted molar refractivity (Wildman–Crippen MR) is 55.6 cm³/mol. The monoisotopic (exact) mass is 176 g/mol. The lowest BCUT2D eigenvalue weighted by Crippen LogP contribution is -2.03. The van der Waals surface area contributed by atoms with Crippen molar-refractivity contribution in [2.24, 2.45) is 0 Å². The van der Waals surface area contributed by atoms with E-state index in [1.165, 1.54) is 5.56 Å². The van der Waals surface area contributed by atoms with Gasteiger partial charge in [0, 0.05) is 0 Å².